The molecule has 0 amide bonds. The Balaban J connectivity index is 2.13. The molecule has 102 valence electrons. The maximum Gasteiger partial charge on any atom is 0.330 e. The molecule has 2 rings (SSSR count). The van der Waals surface area contributed by atoms with Crippen LogP contribution in [0.2, 0.25) is 0 Å². The summed E-state index contributed by atoms with van der Waals surface area (Å²) in [5.74, 6) is -0.397. The van der Waals surface area contributed by atoms with Gasteiger partial charge >= 0.3 is 5.97 Å². The number of nitrogens with zero attached hydrogens (tertiary/aromatic N) is 1. The number of esters is 1. The molecule has 0 aromatic heterocycles. The molecule has 0 aliphatic carbocycles. The van der Waals surface area contributed by atoms with Crippen molar-refractivity contribution < 1.29 is 9.53 Å². The van der Waals surface area contributed by atoms with E-state index in [4.69, 9.17) is 4.74 Å². The summed E-state index contributed by atoms with van der Waals surface area (Å²) in [4.78, 5) is 13.2. The smallest absolute Gasteiger partial charge is 0.330 e. The van der Waals surface area contributed by atoms with Crippen molar-refractivity contribution in [3.63, 3.8) is 0 Å². The number of hydrogen-bond acceptors (Lipinski definition) is 3. The molecule has 3 nitrogen and oxygen atoms in total. The number of carbonyl (C=O) groups is 1. The number of anilines is 2. The lowest BCUT2D eigenvalue weighted by molar-refractivity contribution is -0.137. The Hall–Kier alpha value is -2.55. The van der Waals surface area contributed by atoms with Gasteiger partial charge in [0.15, 0.2) is 0 Å². The number of hydrogen-bond donors (Lipinski definition) is 0. The van der Waals surface area contributed by atoms with E-state index >= 15 is 0 Å². The van der Waals surface area contributed by atoms with Crippen LogP contribution in [-0.4, -0.2) is 19.1 Å². The fourth-order valence-electron chi connectivity index (χ4n) is 1.92. The summed E-state index contributed by atoms with van der Waals surface area (Å²) in [6.45, 7) is 4.29. The van der Waals surface area contributed by atoms with Gasteiger partial charge in [-0.2, -0.15) is 0 Å². The van der Waals surface area contributed by atoms with Gasteiger partial charge in [-0.1, -0.05) is 43.0 Å². The van der Waals surface area contributed by atoms with Crippen molar-refractivity contribution in [2.45, 2.75) is 0 Å². The van der Waals surface area contributed by atoms with E-state index in [9.17, 15) is 4.79 Å². The van der Waals surface area contributed by atoms with Gasteiger partial charge in [-0.05, 0) is 24.3 Å². The van der Waals surface area contributed by atoms with Gasteiger partial charge in [0.1, 0.15) is 6.61 Å². The Labute approximate surface area is 119 Å². The van der Waals surface area contributed by atoms with E-state index in [1.807, 2.05) is 60.7 Å². The summed E-state index contributed by atoms with van der Waals surface area (Å²) < 4.78 is 5.07. The highest BCUT2D eigenvalue weighted by molar-refractivity contribution is 5.81. The monoisotopic (exact) mass is 267 g/mol. The van der Waals surface area contributed by atoms with Gasteiger partial charge < -0.3 is 9.64 Å². The standard InChI is InChI=1S/C17H17NO2/c1-2-17(19)20-14-13-18(15-9-5-3-6-10-15)16-11-7-4-8-12-16/h2-12H,1,13-14H2. The fraction of sp³-hybridized carbons (Fsp3) is 0.118. The highest BCUT2D eigenvalue weighted by Crippen LogP contribution is 2.24. The van der Waals surface area contributed by atoms with Crippen molar-refractivity contribution in [2.24, 2.45) is 0 Å². The lowest BCUT2D eigenvalue weighted by atomic mass is 10.2. The number of rotatable bonds is 6. The first kappa shape index (κ1) is 13.9. The van der Waals surface area contributed by atoms with Gasteiger partial charge in [0, 0.05) is 17.5 Å². The molecule has 20 heavy (non-hydrogen) atoms. The quantitative estimate of drug-likeness (QED) is 0.592. The molecule has 0 fully saturated rings. The van der Waals surface area contributed by atoms with Gasteiger partial charge in [-0.15, -0.1) is 0 Å². The predicted octanol–water partition coefficient (Wildman–Crippen LogP) is 3.55. The van der Waals surface area contributed by atoms with E-state index in [1.54, 1.807) is 0 Å². The highest BCUT2D eigenvalue weighted by Gasteiger charge is 2.09. The summed E-state index contributed by atoms with van der Waals surface area (Å²) in [6, 6.07) is 20.0. The van der Waals surface area contributed by atoms with E-state index in [0.29, 0.717) is 13.2 Å². The molecule has 0 unspecified atom stereocenters. The molecule has 0 atom stereocenters. The molecule has 0 radical (unpaired) electrons. The number of carbonyl (C=O) groups excluding carboxylic acids is 1. The minimum Gasteiger partial charge on any atom is -0.461 e. The normalized spacial score (nSPS) is 9.80. The van der Waals surface area contributed by atoms with Gasteiger partial charge in [0.2, 0.25) is 0 Å². The van der Waals surface area contributed by atoms with Crippen molar-refractivity contribution >= 4 is 17.3 Å². The van der Waals surface area contributed by atoms with Gasteiger partial charge in [0.05, 0.1) is 6.54 Å². The third-order valence-electron chi connectivity index (χ3n) is 2.86. The van der Waals surface area contributed by atoms with Crippen molar-refractivity contribution in [1.29, 1.82) is 0 Å². The Morgan fingerprint density at radius 3 is 1.95 bits per heavy atom. The van der Waals surface area contributed by atoms with E-state index in [2.05, 4.69) is 11.5 Å². The van der Waals surface area contributed by atoms with E-state index < -0.39 is 5.97 Å². The van der Waals surface area contributed by atoms with E-state index in [-0.39, 0.29) is 0 Å². The Morgan fingerprint density at radius 2 is 1.50 bits per heavy atom. The van der Waals surface area contributed by atoms with E-state index in [0.717, 1.165) is 11.4 Å². The van der Waals surface area contributed by atoms with Crippen LogP contribution in [0.3, 0.4) is 0 Å². The van der Waals surface area contributed by atoms with E-state index in [1.165, 1.54) is 6.08 Å². The number of benzene rings is 2. The van der Waals surface area contributed by atoms with Crippen molar-refractivity contribution in [3.8, 4) is 0 Å². The zero-order valence-electron chi connectivity index (χ0n) is 11.2. The van der Waals surface area contributed by atoms with Crippen LogP contribution >= 0.6 is 0 Å². The van der Waals surface area contributed by atoms with Crippen molar-refractivity contribution in [1.82, 2.24) is 0 Å². The van der Waals surface area contributed by atoms with Gasteiger partial charge in [-0.3, -0.25) is 0 Å². The van der Waals surface area contributed by atoms with Crippen molar-refractivity contribution in [3.05, 3.63) is 73.3 Å². The zero-order chi connectivity index (χ0) is 14.2. The predicted molar refractivity (Wildman–Crippen MR) is 81.0 cm³/mol. The molecule has 0 saturated carbocycles. The summed E-state index contributed by atoms with van der Waals surface area (Å²) in [5, 5.41) is 0. The first-order valence-corrected chi connectivity index (χ1v) is 6.48. The SMILES string of the molecule is C=CC(=O)OCCN(c1ccccc1)c1ccccc1. The average Bonchev–Trinajstić information content (AvgIpc) is 2.53. The second-order valence-corrected chi connectivity index (χ2v) is 4.19. The van der Waals surface area contributed by atoms with Gasteiger partial charge in [0.25, 0.3) is 0 Å². The van der Waals surface area contributed by atoms with Crippen LogP contribution in [0.5, 0.6) is 0 Å². The third-order valence-corrected chi connectivity index (χ3v) is 2.86. The topological polar surface area (TPSA) is 29.5 Å². The molecular formula is C17H17NO2. The van der Waals surface area contributed by atoms with Crippen molar-refractivity contribution in [2.75, 3.05) is 18.1 Å². The molecule has 2 aromatic carbocycles. The molecule has 0 aliphatic heterocycles. The van der Waals surface area contributed by atoms with Crippen LogP contribution in [0.15, 0.2) is 73.3 Å². The van der Waals surface area contributed by atoms with Gasteiger partial charge in [-0.25, -0.2) is 4.79 Å². The number of ether oxygens (including phenoxy) is 1. The minimum absolute atomic E-state index is 0.314. The average molecular weight is 267 g/mol. The maximum absolute atomic E-state index is 11.1. The maximum atomic E-state index is 11.1. The second kappa shape index (κ2) is 7.14. The second-order valence-electron chi connectivity index (χ2n) is 4.19. The summed E-state index contributed by atoms with van der Waals surface area (Å²) >= 11 is 0. The van der Waals surface area contributed by atoms with Crippen LogP contribution in [0.4, 0.5) is 11.4 Å². The summed E-state index contributed by atoms with van der Waals surface area (Å²) in [5.41, 5.74) is 2.13. The van der Waals surface area contributed by atoms with Crippen LogP contribution in [0.25, 0.3) is 0 Å². The fourth-order valence-corrected chi connectivity index (χ4v) is 1.92. The van der Waals surface area contributed by atoms with Crippen LogP contribution in [0, 0.1) is 0 Å². The molecule has 3 heteroatoms. The lowest BCUT2D eigenvalue weighted by Crippen LogP contribution is -2.23. The number of para-hydroxylation sites is 2. The summed E-state index contributed by atoms with van der Waals surface area (Å²) in [7, 11) is 0. The largest absolute Gasteiger partial charge is 0.461 e. The van der Waals surface area contributed by atoms with Crippen LogP contribution in [-0.2, 0) is 9.53 Å². The lowest BCUT2D eigenvalue weighted by Gasteiger charge is -2.24. The first-order valence-electron chi connectivity index (χ1n) is 6.48. The molecule has 0 saturated heterocycles. The molecule has 0 N–H and O–H groups in total. The molecule has 0 bridgehead atoms. The molecule has 0 aliphatic rings. The van der Waals surface area contributed by atoms with Crippen LogP contribution in [0.1, 0.15) is 0 Å². The molecule has 0 heterocycles. The molecule has 2 aromatic rings. The Kier molecular flexibility index (Phi) is 4.95. The third kappa shape index (κ3) is 3.72. The Morgan fingerprint density at radius 1 is 1.00 bits per heavy atom. The highest BCUT2D eigenvalue weighted by atomic mass is 16.5. The minimum atomic E-state index is -0.397. The molecular weight excluding hydrogens is 250 g/mol. The van der Waals surface area contributed by atoms with Crippen LogP contribution < -0.4 is 4.90 Å². The molecule has 0 spiro atoms. The summed E-state index contributed by atoms with van der Waals surface area (Å²) in [6.07, 6.45) is 1.18. The zero-order valence-corrected chi connectivity index (χ0v) is 11.2. The Bertz CT molecular complexity index is 512. The first-order chi connectivity index (χ1) is 9.81.